The molecule has 0 aliphatic heterocycles. The summed E-state index contributed by atoms with van der Waals surface area (Å²) in [6, 6.07) is 3.52. The molecule has 0 unspecified atom stereocenters. The second kappa shape index (κ2) is 5.47. The lowest BCUT2D eigenvalue weighted by Gasteiger charge is -2.07. The van der Waals surface area contributed by atoms with Gasteiger partial charge in [0, 0.05) is 12.7 Å². The van der Waals surface area contributed by atoms with E-state index in [1.165, 1.54) is 0 Å². The first-order chi connectivity index (χ1) is 9.13. The minimum absolute atomic E-state index is 0.0653. The van der Waals surface area contributed by atoms with Crippen molar-refractivity contribution in [2.45, 2.75) is 20.3 Å². The minimum Gasteiger partial charge on any atom is -0.360 e. The highest BCUT2D eigenvalue weighted by Crippen LogP contribution is 2.29. The highest BCUT2D eigenvalue weighted by Gasteiger charge is 2.23. The zero-order chi connectivity index (χ0) is 13.8. The van der Waals surface area contributed by atoms with Crippen molar-refractivity contribution in [2.24, 2.45) is 0 Å². The van der Waals surface area contributed by atoms with Gasteiger partial charge in [0.15, 0.2) is 5.69 Å². The van der Waals surface area contributed by atoms with E-state index in [-0.39, 0.29) is 5.69 Å². The number of H-pyrrole nitrogens is 1. The van der Waals surface area contributed by atoms with Gasteiger partial charge in [0.05, 0.1) is 10.6 Å². The molecule has 2 aromatic rings. The van der Waals surface area contributed by atoms with Crippen LogP contribution in [0.15, 0.2) is 18.3 Å². The summed E-state index contributed by atoms with van der Waals surface area (Å²) >= 11 is 0. The quantitative estimate of drug-likeness (QED) is 0.636. The third-order valence-electron chi connectivity index (χ3n) is 2.63. The predicted octanol–water partition coefficient (Wildman–Crippen LogP) is 2.51. The van der Waals surface area contributed by atoms with Crippen LogP contribution in [0.5, 0.6) is 0 Å². The summed E-state index contributed by atoms with van der Waals surface area (Å²) < 4.78 is 0. The van der Waals surface area contributed by atoms with Crippen LogP contribution in [0, 0.1) is 17.0 Å². The second-order valence-corrected chi connectivity index (χ2v) is 4.10. The number of aromatic nitrogens is 3. The van der Waals surface area contributed by atoms with Gasteiger partial charge in [-0.3, -0.25) is 10.1 Å². The Morgan fingerprint density at radius 3 is 2.84 bits per heavy atom. The Morgan fingerprint density at radius 2 is 2.26 bits per heavy atom. The molecular formula is C12H15N5O2. The van der Waals surface area contributed by atoms with Crippen LogP contribution >= 0.6 is 0 Å². The molecule has 2 heterocycles. The first-order valence-corrected chi connectivity index (χ1v) is 6.04. The minimum atomic E-state index is -0.449. The molecule has 100 valence electrons. The SMILES string of the molecule is CCCNc1nc(C)c([N+](=O)[O-])c(-c2ccc[nH]2)n1. The number of nitrogens with one attached hydrogen (secondary N) is 2. The first-order valence-electron chi connectivity index (χ1n) is 6.04. The van der Waals surface area contributed by atoms with Crippen molar-refractivity contribution in [3.63, 3.8) is 0 Å². The Balaban J connectivity index is 2.53. The average molecular weight is 261 g/mol. The van der Waals surface area contributed by atoms with E-state index in [4.69, 9.17) is 0 Å². The van der Waals surface area contributed by atoms with Crippen LogP contribution < -0.4 is 5.32 Å². The molecule has 0 aliphatic rings. The van der Waals surface area contributed by atoms with Crippen LogP contribution in [0.1, 0.15) is 19.0 Å². The van der Waals surface area contributed by atoms with Crippen LogP contribution in [0.25, 0.3) is 11.4 Å². The van der Waals surface area contributed by atoms with Crippen LogP contribution in [-0.4, -0.2) is 26.4 Å². The van der Waals surface area contributed by atoms with Gasteiger partial charge in [-0.15, -0.1) is 0 Å². The Labute approximate surface area is 110 Å². The van der Waals surface area contributed by atoms with Crippen molar-refractivity contribution in [2.75, 3.05) is 11.9 Å². The molecule has 0 spiro atoms. The zero-order valence-electron chi connectivity index (χ0n) is 10.8. The van der Waals surface area contributed by atoms with Crippen molar-refractivity contribution in [1.29, 1.82) is 0 Å². The number of hydrogen-bond acceptors (Lipinski definition) is 5. The van der Waals surface area contributed by atoms with Crippen molar-refractivity contribution in [1.82, 2.24) is 15.0 Å². The second-order valence-electron chi connectivity index (χ2n) is 4.10. The highest BCUT2D eigenvalue weighted by atomic mass is 16.6. The highest BCUT2D eigenvalue weighted by molar-refractivity contribution is 5.69. The summed E-state index contributed by atoms with van der Waals surface area (Å²) in [5, 5.41) is 14.2. The fraction of sp³-hybridized carbons (Fsp3) is 0.333. The molecule has 0 radical (unpaired) electrons. The number of rotatable bonds is 5. The van der Waals surface area contributed by atoms with Crippen LogP contribution in [0.4, 0.5) is 11.6 Å². The Bertz CT molecular complexity index is 580. The van der Waals surface area contributed by atoms with Gasteiger partial charge in [-0.1, -0.05) is 6.92 Å². The van der Waals surface area contributed by atoms with E-state index in [1.54, 1.807) is 25.3 Å². The third-order valence-corrected chi connectivity index (χ3v) is 2.63. The molecule has 2 rings (SSSR count). The topological polar surface area (TPSA) is 96.7 Å². The molecular weight excluding hydrogens is 246 g/mol. The number of nitro groups is 1. The van der Waals surface area contributed by atoms with E-state index in [2.05, 4.69) is 20.3 Å². The van der Waals surface area contributed by atoms with Gasteiger partial charge in [0.1, 0.15) is 5.69 Å². The Kier molecular flexibility index (Phi) is 3.74. The number of hydrogen-bond donors (Lipinski definition) is 2. The third kappa shape index (κ3) is 2.70. The zero-order valence-corrected chi connectivity index (χ0v) is 10.8. The maximum Gasteiger partial charge on any atom is 0.318 e. The number of anilines is 1. The number of nitrogens with zero attached hydrogens (tertiary/aromatic N) is 3. The molecule has 0 saturated heterocycles. The maximum atomic E-state index is 11.2. The predicted molar refractivity (Wildman–Crippen MR) is 72.0 cm³/mol. The standard InChI is InChI=1S/C12H15N5O2/c1-3-6-14-12-15-8(2)11(17(18)19)10(16-12)9-5-4-7-13-9/h4-5,7,13H,3,6H2,1-2H3,(H,14,15,16). The Morgan fingerprint density at radius 1 is 1.47 bits per heavy atom. The van der Waals surface area contributed by atoms with Gasteiger partial charge in [0.25, 0.3) is 0 Å². The van der Waals surface area contributed by atoms with Crippen molar-refractivity contribution in [3.8, 4) is 11.4 Å². The van der Waals surface area contributed by atoms with Gasteiger partial charge < -0.3 is 10.3 Å². The van der Waals surface area contributed by atoms with E-state index in [9.17, 15) is 10.1 Å². The van der Waals surface area contributed by atoms with Gasteiger partial charge in [-0.2, -0.15) is 0 Å². The summed E-state index contributed by atoms with van der Waals surface area (Å²) in [4.78, 5) is 22.0. The van der Waals surface area contributed by atoms with E-state index < -0.39 is 4.92 Å². The van der Waals surface area contributed by atoms with E-state index >= 15 is 0 Å². The van der Waals surface area contributed by atoms with Crippen LogP contribution in [-0.2, 0) is 0 Å². The number of aromatic amines is 1. The molecule has 0 aromatic carbocycles. The summed E-state index contributed by atoms with van der Waals surface area (Å²) in [6.07, 6.45) is 2.63. The molecule has 7 nitrogen and oxygen atoms in total. The van der Waals surface area contributed by atoms with Gasteiger partial charge in [-0.05, 0) is 25.5 Å². The van der Waals surface area contributed by atoms with Gasteiger partial charge in [0.2, 0.25) is 5.95 Å². The molecule has 19 heavy (non-hydrogen) atoms. The van der Waals surface area contributed by atoms with Crippen molar-refractivity contribution >= 4 is 11.6 Å². The summed E-state index contributed by atoms with van der Waals surface area (Å²) in [5.74, 6) is 0.412. The van der Waals surface area contributed by atoms with Crippen molar-refractivity contribution in [3.05, 3.63) is 34.1 Å². The maximum absolute atomic E-state index is 11.2. The van der Waals surface area contributed by atoms with E-state index in [1.807, 2.05) is 6.92 Å². The first kappa shape index (κ1) is 13.0. The van der Waals surface area contributed by atoms with Crippen molar-refractivity contribution < 1.29 is 4.92 Å². The molecule has 0 amide bonds. The lowest BCUT2D eigenvalue weighted by Crippen LogP contribution is -2.08. The summed E-state index contributed by atoms with van der Waals surface area (Å²) in [7, 11) is 0. The largest absolute Gasteiger partial charge is 0.360 e. The fourth-order valence-electron chi connectivity index (χ4n) is 1.77. The molecule has 0 saturated carbocycles. The normalized spacial score (nSPS) is 10.4. The smallest absolute Gasteiger partial charge is 0.318 e. The molecule has 2 aromatic heterocycles. The molecule has 2 N–H and O–H groups in total. The fourth-order valence-corrected chi connectivity index (χ4v) is 1.77. The summed E-state index contributed by atoms with van der Waals surface area (Å²) in [6.45, 7) is 4.36. The molecule has 0 aliphatic carbocycles. The van der Waals surface area contributed by atoms with Crippen LogP contribution in [0.3, 0.4) is 0 Å². The lowest BCUT2D eigenvalue weighted by atomic mass is 10.2. The van der Waals surface area contributed by atoms with E-state index in [0.717, 1.165) is 13.0 Å². The van der Waals surface area contributed by atoms with Crippen LogP contribution in [0.2, 0.25) is 0 Å². The molecule has 7 heteroatoms. The molecule has 0 bridgehead atoms. The Hall–Kier alpha value is -2.44. The summed E-state index contributed by atoms with van der Waals surface area (Å²) in [5.41, 5.74) is 1.20. The molecule has 0 fully saturated rings. The monoisotopic (exact) mass is 261 g/mol. The number of aryl methyl sites for hydroxylation is 1. The average Bonchev–Trinajstić information content (AvgIpc) is 2.88. The van der Waals surface area contributed by atoms with Gasteiger partial charge in [-0.25, -0.2) is 9.97 Å². The van der Waals surface area contributed by atoms with Gasteiger partial charge >= 0.3 is 5.69 Å². The van der Waals surface area contributed by atoms with E-state index in [0.29, 0.717) is 23.0 Å². The lowest BCUT2D eigenvalue weighted by molar-refractivity contribution is -0.385. The molecule has 0 atom stereocenters.